The summed E-state index contributed by atoms with van der Waals surface area (Å²) in [6.45, 7) is 5.01. The van der Waals surface area contributed by atoms with E-state index in [1.54, 1.807) is 17.9 Å². The molecule has 0 saturated heterocycles. The van der Waals surface area contributed by atoms with Crippen molar-refractivity contribution < 1.29 is 14.4 Å². The van der Waals surface area contributed by atoms with Crippen LogP contribution in [0.3, 0.4) is 0 Å². The Hall–Kier alpha value is -3.61. The van der Waals surface area contributed by atoms with Gasteiger partial charge in [-0.3, -0.25) is 25.2 Å². The lowest BCUT2D eigenvalue weighted by atomic mass is 9.95. The van der Waals surface area contributed by atoms with E-state index in [9.17, 15) is 14.4 Å². The molecule has 3 amide bonds. The number of amides is 3. The van der Waals surface area contributed by atoms with Crippen LogP contribution in [0.15, 0.2) is 48.5 Å². The summed E-state index contributed by atoms with van der Waals surface area (Å²) in [5.41, 5.74) is 9.27. The quantitative estimate of drug-likeness (QED) is 0.658. The molecule has 2 N–H and O–H groups in total. The van der Waals surface area contributed by atoms with E-state index in [0.29, 0.717) is 5.56 Å². The van der Waals surface area contributed by atoms with Gasteiger partial charge in [0.2, 0.25) is 5.91 Å². The molecule has 0 spiro atoms. The molecular weight excluding hydrogens is 380 g/mol. The molecule has 1 aromatic heterocycles. The van der Waals surface area contributed by atoms with Crippen LogP contribution in [0, 0.1) is 6.92 Å². The maximum absolute atomic E-state index is 13.4. The molecule has 1 aliphatic heterocycles. The molecule has 2 atom stereocenters. The van der Waals surface area contributed by atoms with E-state index >= 15 is 0 Å². The molecule has 0 saturated carbocycles. The zero-order valence-electron chi connectivity index (χ0n) is 17.4. The van der Waals surface area contributed by atoms with Gasteiger partial charge in [0.1, 0.15) is 6.04 Å². The monoisotopic (exact) mass is 404 g/mol. The number of hydrogen-bond donors (Lipinski definition) is 2. The Bertz CT molecular complexity index is 1180. The van der Waals surface area contributed by atoms with Crippen LogP contribution >= 0.6 is 0 Å². The number of hydrogen-bond acceptors (Lipinski definition) is 3. The minimum atomic E-state index is -0.792. The molecule has 2 aromatic carbocycles. The number of aryl methyl sites for hydroxylation is 1. The number of carbonyl (C=O) groups excluding carboxylic acids is 3. The van der Waals surface area contributed by atoms with Crippen molar-refractivity contribution in [3.05, 3.63) is 70.9 Å². The Morgan fingerprint density at radius 1 is 1.03 bits per heavy atom. The van der Waals surface area contributed by atoms with Gasteiger partial charge in [0.15, 0.2) is 0 Å². The van der Waals surface area contributed by atoms with Crippen LogP contribution in [-0.2, 0) is 16.6 Å². The van der Waals surface area contributed by atoms with Crippen molar-refractivity contribution in [3.8, 4) is 0 Å². The standard InChI is InChI=1S/C23H24N4O3/c1-13-20(18-11-7-8-12-19(18)26(13)4)21-16-9-5-6-10-17(16)23(30)27(21)14(2)22(29)25-24-15(3)28/h5-12,14,21H,1-4H3,(H,24,28)(H,25,29). The summed E-state index contributed by atoms with van der Waals surface area (Å²) in [6.07, 6.45) is 0. The molecule has 0 bridgehead atoms. The van der Waals surface area contributed by atoms with Crippen molar-refractivity contribution in [1.29, 1.82) is 0 Å². The third-order valence-electron chi connectivity index (χ3n) is 5.88. The van der Waals surface area contributed by atoms with E-state index < -0.39 is 18.0 Å². The van der Waals surface area contributed by atoms with Crippen LogP contribution in [-0.4, -0.2) is 33.2 Å². The third kappa shape index (κ3) is 2.94. The number of carbonyl (C=O) groups is 3. The van der Waals surface area contributed by atoms with Crippen molar-refractivity contribution in [2.75, 3.05) is 0 Å². The maximum Gasteiger partial charge on any atom is 0.260 e. The lowest BCUT2D eigenvalue weighted by Crippen LogP contribution is -2.51. The van der Waals surface area contributed by atoms with Crippen molar-refractivity contribution >= 4 is 28.6 Å². The van der Waals surface area contributed by atoms with Crippen LogP contribution in [0.4, 0.5) is 0 Å². The topological polar surface area (TPSA) is 83.4 Å². The highest BCUT2D eigenvalue weighted by Crippen LogP contribution is 2.44. The van der Waals surface area contributed by atoms with E-state index in [1.807, 2.05) is 56.4 Å². The Morgan fingerprint density at radius 2 is 1.70 bits per heavy atom. The summed E-state index contributed by atoms with van der Waals surface area (Å²) < 4.78 is 2.11. The third-order valence-corrected chi connectivity index (χ3v) is 5.88. The first-order valence-corrected chi connectivity index (χ1v) is 9.84. The minimum absolute atomic E-state index is 0.201. The van der Waals surface area contributed by atoms with Crippen LogP contribution in [0.25, 0.3) is 10.9 Å². The van der Waals surface area contributed by atoms with Crippen LogP contribution in [0.5, 0.6) is 0 Å². The van der Waals surface area contributed by atoms with E-state index in [1.165, 1.54) is 6.92 Å². The fraction of sp³-hybridized carbons (Fsp3) is 0.261. The smallest absolute Gasteiger partial charge is 0.260 e. The number of fused-ring (bicyclic) bond motifs is 2. The summed E-state index contributed by atoms with van der Waals surface area (Å²) >= 11 is 0. The Labute approximate surface area is 174 Å². The molecule has 3 aromatic rings. The van der Waals surface area contributed by atoms with Gasteiger partial charge in [0, 0.05) is 41.7 Å². The fourth-order valence-electron chi connectivity index (χ4n) is 4.31. The van der Waals surface area contributed by atoms with Gasteiger partial charge in [0.25, 0.3) is 11.8 Å². The molecule has 2 unspecified atom stereocenters. The summed E-state index contributed by atoms with van der Waals surface area (Å²) in [5.74, 6) is -1.03. The molecule has 0 fully saturated rings. The molecule has 1 aliphatic rings. The predicted octanol–water partition coefficient (Wildman–Crippen LogP) is 2.59. The van der Waals surface area contributed by atoms with Gasteiger partial charge in [-0.1, -0.05) is 36.4 Å². The van der Waals surface area contributed by atoms with Gasteiger partial charge in [-0.15, -0.1) is 0 Å². The second kappa shape index (κ2) is 7.33. The van der Waals surface area contributed by atoms with Crippen molar-refractivity contribution in [1.82, 2.24) is 20.3 Å². The van der Waals surface area contributed by atoms with Gasteiger partial charge in [-0.05, 0) is 31.5 Å². The second-order valence-corrected chi connectivity index (χ2v) is 7.62. The lowest BCUT2D eigenvalue weighted by molar-refractivity contribution is -0.130. The summed E-state index contributed by atoms with van der Waals surface area (Å²) in [6, 6.07) is 14.3. The normalized spacial score (nSPS) is 16.5. The van der Waals surface area contributed by atoms with E-state index in [-0.39, 0.29) is 11.8 Å². The number of benzene rings is 2. The van der Waals surface area contributed by atoms with Gasteiger partial charge in [0.05, 0.1) is 6.04 Å². The minimum Gasteiger partial charge on any atom is -0.348 e. The number of rotatable bonds is 3. The van der Waals surface area contributed by atoms with Gasteiger partial charge < -0.3 is 9.47 Å². The van der Waals surface area contributed by atoms with Gasteiger partial charge in [-0.2, -0.15) is 0 Å². The molecule has 30 heavy (non-hydrogen) atoms. The van der Waals surface area contributed by atoms with Crippen molar-refractivity contribution in [3.63, 3.8) is 0 Å². The van der Waals surface area contributed by atoms with E-state index in [4.69, 9.17) is 0 Å². The van der Waals surface area contributed by atoms with Crippen molar-refractivity contribution in [2.45, 2.75) is 32.9 Å². The Kier molecular flexibility index (Phi) is 4.81. The number of nitrogens with one attached hydrogen (secondary N) is 2. The van der Waals surface area contributed by atoms with E-state index in [0.717, 1.165) is 27.7 Å². The number of aromatic nitrogens is 1. The number of hydrazine groups is 1. The van der Waals surface area contributed by atoms with Gasteiger partial charge >= 0.3 is 0 Å². The molecule has 2 heterocycles. The molecular formula is C23H24N4O3. The Balaban J connectivity index is 1.87. The second-order valence-electron chi connectivity index (χ2n) is 7.62. The summed E-state index contributed by atoms with van der Waals surface area (Å²) in [4.78, 5) is 38.9. The fourth-order valence-corrected chi connectivity index (χ4v) is 4.31. The number of nitrogens with zero attached hydrogens (tertiary/aromatic N) is 2. The van der Waals surface area contributed by atoms with E-state index in [2.05, 4.69) is 15.4 Å². The van der Waals surface area contributed by atoms with Crippen molar-refractivity contribution in [2.24, 2.45) is 7.05 Å². The van der Waals surface area contributed by atoms with Crippen LogP contribution in [0.1, 0.15) is 47.1 Å². The lowest BCUT2D eigenvalue weighted by Gasteiger charge is -2.31. The zero-order chi connectivity index (χ0) is 21.6. The first kappa shape index (κ1) is 19.7. The molecule has 154 valence electrons. The summed E-state index contributed by atoms with van der Waals surface area (Å²) in [5, 5.41) is 1.05. The summed E-state index contributed by atoms with van der Waals surface area (Å²) in [7, 11) is 2.00. The molecule has 0 aliphatic carbocycles. The first-order chi connectivity index (χ1) is 14.3. The SMILES string of the molecule is CC(=O)NNC(=O)C(C)N1C(=O)c2ccccc2C1c1c(C)n(C)c2ccccc12. The number of para-hydroxylation sites is 1. The average molecular weight is 404 g/mol. The highest BCUT2D eigenvalue weighted by molar-refractivity contribution is 6.03. The largest absolute Gasteiger partial charge is 0.348 e. The maximum atomic E-state index is 13.4. The van der Waals surface area contributed by atoms with Crippen LogP contribution in [0.2, 0.25) is 0 Å². The molecule has 4 rings (SSSR count). The predicted molar refractivity (Wildman–Crippen MR) is 114 cm³/mol. The molecule has 0 radical (unpaired) electrons. The average Bonchev–Trinajstić information content (AvgIpc) is 3.17. The first-order valence-electron chi connectivity index (χ1n) is 9.84. The molecule has 7 heteroatoms. The van der Waals surface area contributed by atoms with Gasteiger partial charge in [-0.25, -0.2) is 0 Å². The highest BCUT2D eigenvalue weighted by atomic mass is 16.2. The highest BCUT2D eigenvalue weighted by Gasteiger charge is 2.43. The Morgan fingerprint density at radius 3 is 2.43 bits per heavy atom. The van der Waals surface area contributed by atoms with Crippen LogP contribution < -0.4 is 10.9 Å². The zero-order valence-corrected chi connectivity index (χ0v) is 17.4. The molecule has 7 nitrogen and oxygen atoms in total.